The highest BCUT2D eigenvalue weighted by Crippen LogP contribution is 2.23. The second-order valence-electron chi connectivity index (χ2n) is 6.48. The summed E-state index contributed by atoms with van der Waals surface area (Å²) in [5.41, 5.74) is 1.87. The average molecular weight is 482 g/mol. The van der Waals surface area contributed by atoms with Crippen molar-refractivity contribution in [2.75, 3.05) is 10.0 Å². The van der Waals surface area contributed by atoms with Crippen LogP contribution in [0.5, 0.6) is 0 Å². The van der Waals surface area contributed by atoms with Crippen LogP contribution in [-0.4, -0.2) is 19.3 Å². The van der Waals surface area contributed by atoms with Gasteiger partial charge in [-0.05, 0) is 54.6 Å². The molecule has 0 aliphatic heterocycles. The molecule has 1 aromatic heterocycles. The number of hydrogen-bond acceptors (Lipinski definition) is 4. The second kappa shape index (κ2) is 8.25. The number of nitrogens with one attached hydrogen (secondary N) is 2. The number of nitrogens with zero attached hydrogens (tertiary/aromatic N) is 1. The third kappa shape index (κ3) is 4.34. The molecule has 150 valence electrons. The first-order chi connectivity index (χ1) is 14.4. The molecule has 30 heavy (non-hydrogen) atoms. The Hall–Kier alpha value is -3.23. The lowest BCUT2D eigenvalue weighted by molar-refractivity contribution is 0.102. The zero-order chi connectivity index (χ0) is 21.1. The van der Waals surface area contributed by atoms with E-state index >= 15 is 0 Å². The van der Waals surface area contributed by atoms with Crippen molar-refractivity contribution in [3.8, 4) is 0 Å². The lowest BCUT2D eigenvalue weighted by Gasteiger charge is -2.11. The van der Waals surface area contributed by atoms with Gasteiger partial charge in [-0.15, -0.1) is 0 Å². The van der Waals surface area contributed by atoms with E-state index in [9.17, 15) is 13.2 Å². The quantitative estimate of drug-likeness (QED) is 0.417. The lowest BCUT2D eigenvalue weighted by atomic mass is 10.1. The van der Waals surface area contributed by atoms with Crippen molar-refractivity contribution in [3.05, 3.63) is 95.1 Å². The Bertz CT molecular complexity index is 1330. The van der Waals surface area contributed by atoms with Crippen molar-refractivity contribution in [2.45, 2.75) is 4.90 Å². The maximum atomic E-state index is 12.8. The van der Waals surface area contributed by atoms with Gasteiger partial charge in [0.2, 0.25) is 0 Å². The highest BCUT2D eigenvalue weighted by atomic mass is 79.9. The molecule has 2 N–H and O–H groups in total. The summed E-state index contributed by atoms with van der Waals surface area (Å²) in [6.07, 6.45) is 1.66. The Balaban J connectivity index is 1.57. The van der Waals surface area contributed by atoms with Gasteiger partial charge in [0, 0.05) is 27.3 Å². The van der Waals surface area contributed by atoms with E-state index in [1.807, 2.05) is 24.3 Å². The normalized spacial score (nSPS) is 11.2. The van der Waals surface area contributed by atoms with Gasteiger partial charge in [-0.25, -0.2) is 8.42 Å². The molecule has 4 aromatic rings. The summed E-state index contributed by atoms with van der Waals surface area (Å²) < 4.78 is 28.5. The summed E-state index contributed by atoms with van der Waals surface area (Å²) in [6.45, 7) is 0. The van der Waals surface area contributed by atoms with Crippen LogP contribution in [0.2, 0.25) is 0 Å². The molecule has 4 rings (SSSR count). The van der Waals surface area contributed by atoms with E-state index in [2.05, 4.69) is 31.0 Å². The monoisotopic (exact) mass is 481 g/mol. The molecule has 0 saturated carbocycles. The van der Waals surface area contributed by atoms with Gasteiger partial charge in [0.25, 0.3) is 15.9 Å². The number of carbonyl (C=O) groups excluding carboxylic acids is 1. The van der Waals surface area contributed by atoms with Crippen LogP contribution in [0, 0.1) is 0 Å². The van der Waals surface area contributed by atoms with E-state index in [1.165, 1.54) is 18.2 Å². The topological polar surface area (TPSA) is 88.2 Å². The smallest absolute Gasteiger partial charge is 0.261 e. The Morgan fingerprint density at radius 1 is 0.900 bits per heavy atom. The molecular formula is C22H16BrN3O3S. The molecule has 0 aliphatic carbocycles. The van der Waals surface area contributed by atoms with E-state index in [4.69, 9.17) is 0 Å². The minimum Gasteiger partial charge on any atom is -0.320 e. The maximum Gasteiger partial charge on any atom is 0.261 e. The number of rotatable bonds is 5. The third-order valence-corrected chi connectivity index (χ3v) is 6.31. The van der Waals surface area contributed by atoms with Crippen molar-refractivity contribution in [2.24, 2.45) is 0 Å². The van der Waals surface area contributed by atoms with Gasteiger partial charge in [-0.2, -0.15) is 0 Å². The number of fused-ring (bicyclic) bond motifs is 1. The van der Waals surface area contributed by atoms with Crippen molar-refractivity contribution in [3.63, 3.8) is 0 Å². The molecule has 0 fully saturated rings. The molecule has 0 spiro atoms. The van der Waals surface area contributed by atoms with E-state index in [-0.39, 0.29) is 10.8 Å². The molecule has 0 unspecified atom stereocenters. The van der Waals surface area contributed by atoms with Crippen LogP contribution in [0.15, 0.2) is 94.4 Å². The zero-order valence-corrected chi connectivity index (χ0v) is 17.9. The van der Waals surface area contributed by atoms with Gasteiger partial charge in [0.05, 0.1) is 16.1 Å². The molecule has 0 atom stereocenters. The Morgan fingerprint density at radius 3 is 2.43 bits per heavy atom. The summed E-state index contributed by atoms with van der Waals surface area (Å²) >= 11 is 3.28. The number of para-hydroxylation sites is 1. The van der Waals surface area contributed by atoms with Gasteiger partial charge in [0.1, 0.15) is 0 Å². The number of pyridine rings is 1. The summed E-state index contributed by atoms with van der Waals surface area (Å²) in [4.78, 5) is 17.2. The predicted molar refractivity (Wildman–Crippen MR) is 121 cm³/mol. The van der Waals surface area contributed by atoms with Crippen molar-refractivity contribution >= 4 is 54.1 Å². The van der Waals surface area contributed by atoms with Crippen LogP contribution < -0.4 is 10.0 Å². The molecule has 8 heteroatoms. The van der Waals surface area contributed by atoms with Crippen LogP contribution >= 0.6 is 15.9 Å². The molecule has 0 aliphatic rings. The first kappa shape index (κ1) is 20.1. The first-order valence-electron chi connectivity index (χ1n) is 8.96. The van der Waals surface area contributed by atoms with Crippen molar-refractivity contribution in [1.29, 1.82) is 0 Å². The molecule has 6 nitrogen and oxygen atoms in total. The number of halogens is 1. The Morgan fingerprint density at radius 2 is 1.63 bits per heavy atom. The van der Waals surface area contributed by atoms with E-state index in [0.29, 0.717) is 22.5 Å². The molecule has 3 aromatic carbocycles. The molecule has 0 bridgehead atoms. The minimum atomic E-state index is -3.77. The fraction of sp³-hybridized carbons (Fsp3) is 0. The third-order valence-electron chi connectivity index (χ3n) is 4.38. The van der Waals surface area contributed by atoms with E-state index in [1.54, 1.807) is 42.6 Å². The summed E-state index contributed by atoms with van der Waals surface area (Å²) in [5.74, 6) is -0.363. The second-order valence-corrected chi connectivity index (χ2v) is 9.07. The van der Waals surface area contributed by atoms with Crippen molar-refractivity contribution in [1.82, 2.24) is 4.98 Å². The Kier molecular flexibility index (Phi) is 5.52. The number of sulfonamides is 1. The molecule has 1 amide bonds. The highest BCUT2D eigenvalue weighted by Gasteiger charge is 2.15. The average Bonchev–Trinajstić information content (AvgIpc) is 2.74. The first-order valence-corrected chi connectivity index (χ1v) is 11.2. The number of aromatic nitrogens is 1. The highest BCUT2D eigenvalue weighted by molar-refractivity contribution is 9.10. The minimum absolute atomic E-state index is 0.127. The van der Waals surface area contributed by atoms with Gasteiger partial charge in [-0.3, -0.25) is 14.5 Å². The molecule has 0 radical (unpaired) electrons. The summed E-state index contributed by atoms with van der Waals surface area (Å²) in [6, 6.07) is 21.9. The number of anilines is 2. The largest absolute Gasteiger partial charge is 0.320 e. The van der Waals surface area contributed by atoms with Gasteiger partial charge < -0.3 is 5.32 Å². The molecule has 0 saturated heterocycles. The zero-order valence-electron chi connectivity index (χ0n) is 15.5. The van der Waals surface area contributed by atoms with Gasteiger partial charge in [0.15, 0.2) is 0 Å². The lowest BCUT2D eigenvalue weighted by Crippen LogP contribution is -2.15. The Labute approximate surface area is 182 Å². The molecular weight excluding hydrogens is 466 g/mol. The molecule has 1 heterocycles. The predicted octanol–water partition coefficient (Wildman–Crippen LogP) is 5.05. The number of benzene rings is 3. The van der Waals surface area contributed by atoms with Crippen LogP contribution in [0.4, 0.5) is 11.4 Å². The van der Waals surface area contributed by atoms with E-state index in [0.717, 1.165) is 9.86 Å². The number of amides is 1. The van der Waals surface area contributed by atoms with Crippen LogP contribution in [0.25, 0.3) is 10.9 Å². The fourth-order valence-electron chi connectivity index (χ4n) is 2.95. The van der Waals surface area contributed by atoms with Gasteiger partial charge in [-0.1, -0.05) is 40.2 Å². The summed E-state index contributed by atoms with van der Waals surface area (Å²) in [5, 5.41) is 3.75. The standard InChI is InChI=1S/C22H16BrN3O3S/c23-17-9-11-19(12-10-17)30(28,29)26-18-7-1-5-16(14-18)22(27)25-20-8-2-4-15-6-3-13-24-21(15)20/h1-14,26H,(H,25,27). The summed E-state index contributed by atoms with van der Waals surface area (Å²) in [7, 11) is -3.77. The van der Waals surface area contributed by atoms with E-state index < -0.39 is 10.0 Å². The fourth-order valence-corrected chi connectivity index (χ4v) is 4.27. The van der Waals surface area contributed by atoms with Crippen LogP contribution in [0.1, 0.15) is 10.4 Å². The number of hydrogen-bond donors (Lipinski definition) is 2. The van der Waals surface area contributed by atoms with Crippen LogP contribution in [0.3, 0.4) is 0 Å². The maximum absolute atomic E-state index is 12.8. The van der Waals surface area contributed by atoms with Crippen molar-refractivity contribution < 1.29 is 13.2 Å². The van der Waals surface area contributed by atoms with Gasteiger partial charge >= 0.3 is 0 Å². The number of carbonyl (C=O) groups is 1. The van der Waals surface area contributed by atoms with Crippen LogP contribution in [-0.2, 0) is 10.0 Å². The SMILES string of the molecule is O=C(Nc1cccc2cccnc12)c1cccc(NS(=O)(=O)c2ccc(Br)cc2)c1.